The number of nitrogens with one attached hydrogen (secondary N) is 1. The van der Waals surface area contributed by atoms with Crippen LogP contribution in [0, 0.1) is 0 Å². The minimum Gasteiger partial charge on any atom is -0.508 e. The maximum absolute atomic E-state index is 13.2. The Balaban J connectivity index is 0.734. The summed E-state index contributed by atoms with van der Waals surface area (Å²) in [5.41, 5.74) is 2.93. The molecule has 3 aliphatic heterocycles. The van der Waals surface area contributed by atoms with E-state index in [1.54, 1.807) is 66.7 Å². The number of phenolic OH excluding ortho intramolecular Hbond substituents is 1. The van der Waals surface area contributed by atoms with Gasteiger partial charge in [-0.1, -0.05) is 18.2 Å². The van der Waals surface area contributed by atoms with E-state index in [1.807, 2.05) is 30.3 Å². The predicted octanol–water partition coefficient (Wildman–Crippen LogP) is 5.04. The number of sulfone groups is 1. The number of carbonyl (C=O) groups is 4. The van der Waals surface area contributed by atoms with Crippen LogP contribution in [-0.4, -0.2) is 125 Å². The zero-order chi connectivity index (χ0) is 43.4. The van der Waals surface area contributed by atoms with E-state index < -0.39 is 39.5 Å². The summed E-state index contributed by atoms with van der Waals surface area (Å²) in [5, 5.41) is 13.9. The van der Waals surface area contributed by atoms with Gasteiger partial charge in [-0.3, -0.25) is 34.3 Å². The van der Waals surface area contributed by atoms with Gasteiger partial charge >= 0.3 is 0 Å². The normalized spacial score (nSPS) is 17.1. The number of ether oxygens (including phenoxy) is 4. The number of benzene rings is 5. The Kier molecular flexibility index (Phi) is 12.5. The average Bonchev–Trinajstić information content (AvgIpc) is 3.51. The minimum absolute atomic E-state index is 0.0774. The van der Waals surface area contributed by atoms with Crippen molar-refractivity contribution in [3.63, 3.8) is 0 Å². The lowest BCUT2D eigenvalue weighted by atomic mass is 9.99. The summed E-state index contributed by atoms with van der Waals surface area (Å²) in [5.74, 6) is -0.137. The molecule has 0 spiro atoms. The summed E-state index contributed by atoms with van der Waals surface area (Å²) in [6.07, 6.45) is 1.37. The molecule has 3 aliphatic rings. The third kappa shape index (κ3) is 9.43. The molecule has 2 fully saturated rings. The van der Waals surface area contributed by atoms with Gasteiger partial charge in [0.2, 0.25) is 11.8 Å². The second-order valence-electron chi connectivity index (χ2n) is 15.3. The largest absolute Gasteiger partial charge is 0.508 e. The standard InChI is InChI=1S/C46H46N4O11S/c1-62(56,57)36-11-2-30(3-12-36)37-13-4-31-28-33(51)6-15-38(31)43(37)61-35-9-7-34(8-10-35)60-27-26-59-25-24-58-23-22-48-18-20-49(21-19-48)32-5-14-39-40(29-32)46(55)50(45(39)54)41-16-17-42(52)47-44(41)53/h2-15,28-29,41,51H,16-27H2,1H3,(H,47,52,53). The Morgan fingerprint density at radius 2 is 1.39 bits per heavy atom. The second kappa shape index (κ2) is 18.3. The van der Waals surface area contributed by atoms with Crippen LogP contribution in [0.1, 0.15) is 33.6 Å². The molecular weight excluding hydrogens is 817 g/mol. The molecule has 5 aromatic carbocycles. The lowest BCUT2D eigenvalue weighted by Gasteiger charge is -2.36. The molecule has 2 saturated heterocycles. The first kappa shape index (κ1) is 42.4. The lowest BCUT2D eigenvalue weighted by molar-refractivity contribution is -0.136. The number of aromatic hydroxyl groups is 1. The van der Waals surface area contributed by atoms with Crippen LogP contribution in [0.25, 0.3) is 21.9 Å². The minimum atomic E-state index is -3.35. The first-order valence-corrected chi connectivity index (χ1v) is 22.3. The van der Waals surface area contributed by atoms with E-state index >= 15 is 0 Å². The smallest absolute Gasteiger partial charge is 0.262 e. The van der Waals surface area contributed by atoms with Gasteiger partial charge in [0.1, 0.15) is 35.6 Å². The van der Waals surface area contributed by atoms with Gasteiger partial charge < -0.3 is 29.0 Å². The second-order valence-corrected chi connectivity index (χ2v) is 17.3. The van der Waals surface area contributed by atoms with Crippen molar-refractivity contribution in [2.24, 2.45) is 0 Å². The number of fused-ring (bicyclic) bond motifs is 2. The number of hydrogen-bond donors (Lipinski definition) is 2. The molecular formula is C46H46N4O11S. The SMILES string of the molecule is CS(=O)(=O)c1ccc(-c2ccc3cc(O)ccc3c2Oc2ccc(OCCOCCOCCN3CCN(c4ccc5c(c4)C(=O)N(C4CCC(=O)NC4=O)C5=O)CC3)cc2)cc1. The molecule has 5 aromatic rings. The number of phenols is 1. The van der Waals surface area contributed by atoms with Crippen molar-refractivity contribution in [1.29, 1.82) is 0 Å². The molecule has 3 heterocycles. The molecule has 8 rings (SSSR count). The molecule has 0 saturated carbocycles. The number of piperidine rings is 1. The van der Waals surface area contributed by atoms with Crippen LogP contribution in [0.5, 0.6) is 23.0 Å². The molecule has 0 aromatic heterocycles. The number of hydrogen-bond acceptors (Lipinski definition) is 13. The van der Waals surface area contributed by atoms with Gasteiger partial charge in [-0.2, -0.15) is 0 Å². The van der Waals surface area contributed by atoms with Gasteiger partial charge in [0, 0.05) is 62.0 Å². The maximum atomic E-state index is 13.2. The van der Waals surface area contributed by atoms with Crippen molar-refractivity contribution >= 4 is 49.9 Å². The van der Waals surface area contributed by atoms with E-state index in [2.05, 4.69) is 15.1 Å². The zero-order valence-electron chi connectivity index (χ0n) is 34.1. The lowest BCUT2D eigenvalue weighted by Crippen LogP contribution is -2.54. The Hall–Kier alpha value is -6.33. The first-order chi connectivity index (χ1) is 29.9. The predicted molar refractivity (Wildman–Crippen MR) is 230 cm³/mol. The molecule has 1 atom stereocenters. The Morgan fingerprint density at radius 1 is 0.710 bits per heavy atom. The number of carbonyl (C=O) groups excluding carboxylic acids is 4. The van der Waals surface area contributed by atoms with Gasteiger partial charge in [0.15, 0.2) is 9.84 Å². The van der Waals surface area contributed by atoms with Gasteiger partial charge in [0.25, 0.3) is 11.8 Å². The third-order valence-corrected chi connectivity index (χ3v) is 12.3. The van der Waals surface area contributed by atoms with Gasteiger partial charge in [-0.25, -0.2) is 8.42 Å². The summed E-state index contributed by atoms with van der Waals surface area (Å²) in [4.78, 5) is 56.0. The maximum Gasteiger partial charge on any atom is 0.262 e. The zero-order valence-corrected chi connectivity index (χ0v) is 34.9. The van der Waals surface area contributed by atoms with Crippen molar-refractivity contribution < 1.29 is 51.6 Å². The monoisotopic (exact) mass is 862 g/mol. The van der Waals surface area contributed by atoms with E-state index in [1.165, 1.54) is 6.26 Å². The Labute approximate surface area is 358 Å². The van der Waals surface area contributed by atoms with E-state index in [0.29, 0.717) is 50.3 Å². The van der Waals surface area contributed by atoms with Crippen LogP contribution >= 0.6 is 0 Å². The van der Waals surface area contributed by atoms with E-state index in [4.69, 9.17) is 18.9 Å². The molecule has 16 heteroatoms. The van der Waals surface area contributed by atoms with Gasteiger partial charge in [-0.15, -0.1) is 0 Å². The van der Waals surface area contributed by atoms with Crippen molar-refractivity contribution in [3.05, 3.63) is 108 Å². The Morgan fingerprint density at radius 3 is 2.11 bits per heavy atom. The molecule has 322 valence electrons. The van der Waals surface area contributed by atoms with Crippen molar-refractivity contribution in [2.45, 2.75) is 23.8 Å². The molecule has 1 unspecified atom stereocenters. The van der Waals surface area contributed by atoms with Crippen LogP contribution in [0.15, 0.2) is 102 Å². The van der Waals surface area contributed by atoms with E-state index in [9.17, 15) is 32.7 Å². The molecule has 2 N–H and O–H groups in total. The number of anilines is 1. The van der Waals surface area contributed by atoms with Crippen LogP contribution in [0.2, 0.25) is 0 Å². The molecule has 4 amide bonds. The van der Waals surface area contributed by atoms with Crippen LogP contribution in [-0.2, 0) is 28.9 Å². The van der Waals surface area contributed by atoms with Crippen molar-refractivity contribution in [1.82, 2.24) is 15.1 Å². The molecule has 0 radical (unpaired) electrons. The molecule has 0 bridgehead atoms. The van der Waals surface area contributed by atoms with Gasteiger partial charge in [0.05, 0.1) is 42.4 Å². The highest BCUT2D eigenvalue weighted by Crippen LogP contribution is 2.41. The third-order valence-electron chi connectivity index (χ3n) is 11.2. The fraction of sp³-hybridized carbons (Fsp3) is 0.304. The van der Waals surface area contributed by atoms with Crippen LogP contribution < -0.4 is 19.7 Å². The fourth-order valence-corrected chi connectivity index (χ4v) is 8.48. The summed E-state index contributed by atoms with van der Waals surface area (Å²) < 4.78 is 47.9. The topological polar surface area (TPSA) is 181 Å². The highest BCUT2D eigenvalue weighted by molar-refractivity contribution is 7.90. The van der Waals surface area contributed by atoms with Crippen molar-refractivity contribution in [3.8, 4) is 34.1 Å². The molecule has 0 aliphatic carbocycles. The number of nitrogens with zero attached hydrogens (tertiary/aromatic N) is 3. The molecule has 62 heavy (non-hydrogen) atoms. The van der Waals surface area contributed by atoms with E-state index in [-0.39, 0.29) is 34.6 Å². The van der Waals surface area contributed by atoms with E-state index in [0.717, 1.165) is 65.2 Å². The summed E-state index contributed by atoms with van der Waals surface area (Å²) in [7, 11) is -3.35. The summed E-state index contributed by atoms with van der Waals surface area (Å²) in [6.45, 7) is 5.98. The quantitative estimate of drug-likeness (QED) is 0.0996. The average molecular weight is 863 g/mol. The first-order valence-electron chi connectivity index (χ1n) is 20.4. The number of piperazine rings is 1. The number of rotatable bonds is 16. The molecule has 15 nitrogen and oxygen atoms in total. The fourth-order valence-electron chi connectivity index (χ4n) is 7.85. The van der Waals surface area contributed by atoms with Gasteiger partial charge in [-0.05, 0) is 96.2 Å². The highest BCUT2D eigenvalue weighted by Gasteiger charge is 2.44. The van der Waals surface area contributed by atoms with Crippen molar-refractivity contribution in [2.75, 3.05) is 76.9 Å². The van der Waals surface area contributed by atoms with Crippen LogP contribution in [0.3, 0.4) is 0 Å². The summed E-state index contributed by atoms with van der Waals surface area (Å²) in [6, 6.07) is 26.9. The number of amides is 4. The highest BCUT2D eigenvalue weighted by atomic mass is 32.2. The Bertz CT molecular complexity index is 2610. The summed E-state index contributed by atoms with van der Waals surface area (Å²) >= 11 is 0. The number of imide groups is 2. The van der Waals surface area contributed by atoms with Crippen LogP contribution in [0.4, 0.5) is 5.69 Å².